The van der Waals surface area contributed by atoms with E-state index in [1.165, 1.54) is 11.0 Å². The Morgan fingerprint density at radius 3 is 2.69 bits per heavy atom. The fourth-order valence-corrected chi connectivity index (χ4v) is 11.0. The minimum absolute atomic E-state index is 0.0209. The van der Waals surface area contributed by atoms with Gasteiger partial charge in [0.15, 0.2) is 11.0 Å². The Morgan fingerprint density at radius 1 is 1.05 bits per heavy atom. The molecular weight excluding hydrogens is 751 g/mol. The van der Waals surface area contributed by atoms with Gasteiger partial charge >= 0.3 is 5.97 Å². The number of nitrogens with two attached hydrogens (primary N) is 2. The molecule has 1 aromatic carbocycles. The summed E-state index contributed by atoms with van der Waals surface area (Å²) >= 11 is 0. The number of aromatic nitrogens is 2. The minimum atomic E-state index is -1.12. The first kappa shape index (κ1) is 37.7. The summed E-state index contributed by atoms with van der Waals surface area (Å²) in [5.41, 5.74) is 16.7. The van der Waals surface area contributed by atoms with Crippen molar-refractivity contribution >= 4 is 34.3 Å². The molecule has 0 radical (unpaired) electrons. The molecule has 1 spiro atoms. The molecule has 4 aromatic rings. The second-order valence-corrected chi connectivity index (χ2v) is 17.8. The quantitative estimate of drug-likeness (QED) is 0.127. The zero-order valence-electron chi connectivity index (χ0n) is 33.7. The van der Waals surface area contributed by atoms with Crippen molar-refractivity contribution in [2.45, 2.75) is 88.7 Å². The smallest absolute Gasteiger partial charge is 0.341 e. The van der Waals surface area contributed by atoms with Gasteiger partial charge in [-0.1, -0.05) is 0 Å². The van der Waals surface area contributed by atoms with Gasteiger partial charge in [-0.15, -0.1) is 0 Å². The van der Waals surface area contributed by atoms with E-state index >= 15 is 0 Å². The Bertz CT molecular complexity index is 2580. The second kappa shape index (κ2) is 13.7. The van der Waals surface area contributed by atoms with Crippen LogP contribution in [0.25, 0.3) is 22.2 Å². The molecule has 9 heterocycles. The Morgan fingerprint density at radius 2 is 1.88 bits per heavy atom. The first-order chi connectivity index (χ1) is 28.3. The number of rotatable bonds is 8. The van der Waals surface area contributed by atoms with Gasteiger partial charge < -0.3 is 40.5 Å². The van der Waals surface area contributed by atoms with Crippen LogP contribution in [0.4, 0.5) is 11.6 Å². The van der Waals surface area contributed by atoms with Crippen LogP contribution in [-0.4, -0.2) is 70.3 Å². The van der Waals surface area contributed by atoms with E-state index in [2.05, 4.69) is 26.5 Å². The molecule has 11 rings (SSSR count). The molecule has 1 unspecified atom stereocenters. The standard InChI is InChI=1S/C45H49N7O7/c1-22-11-32(53)39-33(56-22)17-34-40(41(39)54)38-29-7-6-27(14-26(29)18-48-4)45(43(55)57-42(38)44(2,3)58-34)35(59-45)8-5-23-12-30(51-36(46)13-23)25-15-28(50-37(47)16-25)20-52-19-24-9-10-49-31(24)21-52/h9-13,15-17,19,26-27,29,35,38,42,48,54H,5-8,14,18,20-21H2,1-4H3,(H2,46,51)(H2,47,50)/p+1/t26-,27-,29-,35+,38+,42+,45-/m0/s1. The van der Waals surface area contributed by atoms with Gasteiger partial charge in [0.25, 0.3) is 0 Å². The number of carbonyl (C=O) groups is 1. The molecule has 1 aliphatic carbocycles. The van der Waals surface area contributed by atoms with Gasteiger partial charge in [-0.3, -0.25) is 14.7 Å². The molecule has 2 bridgehead atoms. The van der Waals surface area contributed by atoms with Crippen molar-refractivity contribution in [2.75, 3.05) is 31.6 Å². The van der Waals surface area contributed by atoms with Crippen molar-refractivity contribution < 1.29 is 33.4 Å². The maximum atomic E-state index is 14.8. The maximum Gasteiger partial charge on any atom is 0.341 e. The number of aromatic hydroxyl groups is 1. The number of epoxide rings is 1. The minimum Gasteiger partial charge on any atom is -0.507 e. The second-order valence-electron chi connectivity index (χ2n) is 17.8. The topological polar surface area (TPSA) is 205 Å². The zero-order valence-corrected chi connectivity index (χ0v) is 33.7. The number of phenolic OH excluding ortho intramolecular Hbond substituents is 1. The van der Waals surface area contributed by atoms with E-state index in [0.717, 1.165) is 53.9 Å². The molecule has 59 heavy (non-hydrogen) atoms. The number of esters is 1. The van der Waals surface area contributed by atoms with Crippen LogP contribution in [0.3, 0.4) is 0 Å². The highest BCUT2D eigenvalue weighted by atomic mass is 16.7. The molecule has 4 fully saturated rings. The number of phenols is 1. The van der Waals surface area contributed by atoms with E-state index in [-0.39, 0.29) is 46.0 Å². The van der Waals surface area contributed by atoms with Crippen LogP contribution in [-0.2, 0) is 27.2 Å². The van der Waals surface area contributed by atoms with Crippen LogP contribution in [0.2, 0.25) is 0 Å². The highest BCUT2D eigenvalue weighted by Crippen LogP contribution is 2.61. The van der Waals surface area contributed by atoms with Gasteiger partial charge in [0.05, 0.1) is 23.1 Å². The molecule has 306 valence electrons. The average Bonchev–Trinajstić information content (AvgIpc) is 3.52. The normalized spacial score (nSPS) is 29.8. The van der Waals surface area contributed by atoms with Crippen LogP contribution >= 0.6 is 0 Å². The number of nitrogen functional groups attached to an aromatic ring is 2. The summed E-state index contributed by atoms with van der Waals surface area (Å²) in [5, 5.41) is 15.4. The van der Waals surface area contributed by atoms with Gasteiger partial charge in [0, 0.05) is 41.3 Å². The Balaban J connectivity index is 0.929. The third-order valence-electron chi connectivity index (χ3n) is 13.5. The van der Waals surface area contributed by atoms with E-state index in [9.17, 15) is 14.7 Å². The van der Waals surface area contributed by atoms with E-state index in [1.807, 2.05) is 57.4 Å². The number of aryl methyl sites for hydroxylation is 2. The molecule has 3 saturated heterocycles. The molecule has 3 aromatic heterocycles. The zero-order chi connectivity index (χ0) is 41.0. The number of anilines is 2. The number of hydrogen-bond donors (Lipinski definition) is 5. The van der Waals surface area contributed by atoms with Crippen LogP contribution in [0.15, 0.2) is 74.7 Å². The van der Waals surface area contributed by atoms with Crippen LogP contribution in [0.5, 0.6) is 11.5 Å². The van der Waals surface area contributed by atoms with Gasteiger partial charge in [0.2, 0.25) is 0 Å². The molecule has 8 atom stereocenters. The Kier molecular flexibility index (Phi) is 8.78. The number of benzene rings is 1. The molecular formula is C45H50N7O7+. The Labute approximate surface area is 341 Å². The van der Waals surface area contributed by atoms with Gasteiger partial charge in [-0.2, -0.15) is 0 Å². The van der Waals surface area contributed by atoms with Crippen molar-refractivity contribution in [3.05, 3.63) is 93.3 Å². The Hall–Kier alpha value is -5.57. The lowest BCUT2D eigenvalue weighted by atomic mass is 9.61. The van der Waals surface area contributed by atoms with Crippen LogP contribution in [0, 0.1) is 24.7 Å². The fraction of sp³-hybridized carbons (Fsp3) is 0.444. The number of ether oxygens (including phenoxy) is 3. The SMILES string of the molecule is CNC[C@@H]1C[C@@H]2CC[C@@H]1[C@@H]1c3c(cc4oc(C)cc(=O)c4c3O)OC(C)(C)[C@@H]1OC(=O)[C@]21O[C@@H]1CCc1cc(N)nc(-c2cc(N)nc(C[NH+]3C=C4C=CN=C4C3)c2)c1. The molecule has 14 heteroatoms. The van der Waals surface area contributed by atoms with Gasteiger partial charge in [-0.25, -0.2) is 14.8 Å². The molecule has 14 nitrogen and oxygen atoms in total. The fourth-order valence-electron chi connectivity index (χ4n) is 11.0. The summed E-state index contributed by atoms with van der Waals surface area (Å²) in [6.45, 7) is 7.69. The van der Waals surface area contributed by atoms with Crippen LogP contribution < -0.4 is 31.8 Å². The summed E-state index contributed by atoms with van der Waals surface area (Å²) in [6, 6.07) is 10.8. The number of carbonyl (C=O) groups excluding carboxylic acids is 1. The van der Waals surface area contributed by atoms with Gasteiger partial charge in [0.1, 0.15) is 76.6 Å². The molecule has 7 N–H and O–H groups in total. The first-order valence-corrected chi connectivity index (χ1v) is 20.7. The number of nitrogens with zero attached hydrogens (tertiary/aromatic N) is 3. The van der Waals surface area contributed by atoms with E-state index < -0.39 is 29.2 Å². The number of hydrogen-bond acceptors (Lipinski definition) is 13. The predicted octanol–water partition coefficient (Wildman–Crippen LogP) is 3.88. The average molecular weight is 801 g/mol. The predicted molar refractivity (Wildman–Crippen MR) is 221 cm³/mol. The lowest BCUT2D eigenvalue weighted by Crippen LogP contribution is -3.05. The summed E-state index contributed by atoms with van der Waals surface area (Å²) in [6.07, 6.45) is 8.35. The van der Waals surface area contributed by atoms with Crippen molar-refractivity contribution in [1.82, 2.24) is 15.3 Å². The van der Waals surface area contributed by atoms with Crippen molar-refractivity contribution in [3.8, 4) is 22.8 Å². The third-order valence-corrected chi connectivity index (χ3v) is 13.5. The molecule has 6 aliphatic heterocycles. The number of aliphatic imine (C=N–C) groups is 1. The number of allylic oxidation sites excluding steroid dienone is 1. The monoisotopic (exact) mass is 800 g/mol. The van der Waals surface area contributed by atoms with E-state index in [4.69, 9.17) is 30.1 Å². The first-order valence-electron chi connectivity index (χ1n) is 20.7. The maximum absolute atomic E-state index is 14.8. The van der Waals surface area contributed by atoms with Crippen molar-refractivity contribution in [1.29, 1.82) is 0 Å². The summed E-state index contributed by atoms with van der Waals surface area (Å²) in [4.78, 5) is 43.0. The lowest BCUT2D eigenvalue weighted by molar-refractivity contribution is -0.848. The van der Waals surface area contributed by atoms with Crippen molar-refractivity contribution in [3.63, 3.8) is 0 Å². The highest BCUT2D eigenvalue weighted by Gasteiger charge is 2.70. The van der Waals surface area contributed by atoms with E-state index in [0.29, 0.717) is 60.3 Å². The van der Waals surface area contributed by atoms with E-state index in [1.54, 1.807) is 13.0 Å². The third kappa shape index (κ3) is 6.30. The number of nitrogens with one attached hydrogen (secondary N) is 2. The number of pyridine rings is 2. The molecule has 7 aliphatic rings. The number of fused-ring (bicyclic) bond motifs is 6. The van der Waals surface area contributed by atoms with Crippen LogP contribution in [0.1, 0.15) is 68.0 Å². The summed E-state index contributed by atoms with van der Waals surface area (Å²) < 4.78 is 25.7. The van der Waals surface area contributed by atoms with Crippen molar-refractivity contribution in [2.24, 2.45) is 22.7 Å². The molecule has 1 saturated carbocycles. The summed E-state index contributed by atoms with van der Waals surface area (Å²) in [5.74, 6) is 0.748. The highest BCUT2D eigenvalue weighted by molar-refractivity contribution is 6.06. The van der Waals surface area contributed by atoms with Gasteiger partial charge in [-0.05, 0) is 114 Å². The number of quaternary nitrogens is 1. The molecule has 0 amide bonds. The lowest BCUT2D eigenvalue weighted by Gasteiger charge is -2.48. The largest absolute Gasteiger partial charge is 0.507 e. The summed E-state index contributed by atoms with van der Waals surface area (Å²) in [7, 11) is 1.94.